The molecule has 1 saturated heterocycles. The van der Waals surface area contributed by atoms with Gasteiger partial charge in [-0.3, -0.25) is 24.6 Å². The highest BCUT2D eigenvalue weighted by molar-refractivity contribution is 6.31. The molecule has 0 radical (unpaired) electrons. The van der Waals surface area contributed by atoms with Crippen LogP contribution in [0.25, 0.3) is 0 Å². The van der Waals surface area contributed by atoms with Crippen LogP contribution >= 0.6 is 11.6 Å². The predicted octanol–water partition coefficient (Wildman–Crippen LogP) is 3.42. The second-order valence-corrected chi connectivity index (χ2v) is 8.92. The van der Waals surface area contributed by atoms with Gasteiger partial charge in [0, 0.05) is 34.6 Å². The molecule has 0 N–H and O–H groups in total. The van der Waals surface area contributed by atoms with Crippen molar-refractivity contribution >= 4 is 40.5 Å². The van der Waals surface area contributed by atoms with Gasteiger partial charge in [-0.1, -0.05) is 28.9 Å². The van der Waals surface area contributed by atoms with Crippen molar-refractivity contribution in [2.75, 3.05) is 4.90 Å². The van der Waals surface area contributed by atoms with E-state index in [2.05, 4.69) is 5.16 Å². The molecule has 2 aliphatic heterocycles. The van der Waals surface area contributed by atoms with E-state index in [4.69, 9.17) is 16.4 Å². The smallest absolute Gasteiger partial charge is 0.270 e. The zero-order valence-electron chi connectivity index (χ0n) is 16.1. The highest BCUT2D eigenvalue weighted by Crippen LogP contribution is 2.62. The molecule has 0 aromatic heterocycles. The van der Waals surface area contributed by atoms with Gasteiger partial charge >= 0.3 is 0 Å². The molecule has 156 valence electrons. The number of carbonyl (C=O) groups is 2. The van der Waals surface area contributed by atoms with Crippen LogP contribution < -0.4 is 4.90 Å². The Hall–Kier alpha value is -3.26. The Bertz CT molecular complexity index is 1180. The van der Waals surface area contributed by atoms with Gasteiger partial charge in [0.15, 0.2) is 0 Å². The van der Waals surface area contributed by atoms with E-state index in [0.29, 0.717) is 28.4 Å². The van der Waals surface area contributed by atoms with Gasteiger partial charge in [-0.2, -0.15) is 0 Å². The predicted molar refractivity (Wildman–Crippen MR) is 111 cm³/mol. The first-order valence-corrected chi connectivity index (χ1v) is 10.5. The molecule has 6 atom stereocenters. The number of hydrogen-bond donors (Lipinski definition) is 0. The molecule has 2 amide bonds. The van der Waals surface area contributed by atoms with Crippen LogP contribution in [-0.4, -0.2) is 28.6 Å². The van der Waals surface area contributed by atoms with Crippen LogP contribution in [0.2, 0.25) is 5.02 Å². The number of nitrogens with zero attached hydrogens (tertiary/aromatic N) is 3. The monoisotopic (exact) mass is 437 g/mol. The largest absolute Gasteiger partial charge is 0.391 e. The lowest BCUT2D eigenvalue weighted by Crippen LogP contribution is -2.41. The van der Waals surface area contributed by atoms with Gasteiger partial charge in [0.05, 0.1) is 28.2 Å². The number of nitro groups is 1. The maximum Gasteiger partial charge on any atom is 0.270 e. The van der Waals surface area contributed by atoms with Gasteiger partial charge in [0.25, 0.3) is 5.69 Å². The third-order valence-electron chi connectivity index (χ3n) is 7.13. The molecule has 9 heteroatoms. The summed E-state index contributed by atoms with van der Waals surface area (Å²) in [6.07, 6.45) is 0.423. The zero-order valence-corrected chi connectivity index (χ0v) is 16.8. The number of nitro benzene ring substituents is 1. The number of rotatable bonds is 3. The van der Waals surface area contributed by atoms with E-state index < -0.39 is 16.8 Å². The normalized spacial score (nSPS) is 32.7. The fourth-order valence-electron chi connectivity index (χ4n) is 5.99. The summed E-state index contributed by atoms with van der Waals surface area (Å²) in [5, 5.41) is 16.0. The van der Waals surface area contributed by atoms with Crippen molar-refractivity contribution in [2.24, 2.45) is 34.7 Å². The van der Waals surface area contributed by atoms with Crippen LogP contribution in [0.4, 0.5) is 11.4 Å². The molecule has 8 nitrogen and oxygen atoms in total. The van der Waals surface area contributed by atoms with Crippen molar-refractivity contribution in [3.05, 3.63) is 69.2 Å². The van der Waals surface area contributed by atoms with Crippen LogP contribution in [0.1, 0.15) is 12.0 Å². The highest BCUT2D eigenvalue weighted by Gasteiger charge is 2.70. The van der Waals surface area contributed by atoms with Crippen LogP contribution in [0.3, 0.4) is 0 Å². The molecule has 3 fully saturated rings. The maximum absolute atomic E-state index is 13.3. The van der Waals surface area contributed by atoms with Gasteiger partial charge in [0.1, 0.15) is 6.10 Å². The van der Waals surface area contributed by atoms with E-state index in [0.717, 1.165) is 0 Å². The molecule has 31 heavy (non-hydrogen) atoms. The van der Waals surface area contributed by atoms with Crippen molar-refractivity contribution in [1.29, 1.82) is 0 Å². The van der Waals surface area contributed by atoms with Crippen molar-refractivity contribution in [1.82, 2.24) is 0 Å². The zero-order chi connectivity index (χ0) is 21.4. The van der Waals surface area contributed by atoms with Crippen LogP contribution in [0.5, 0.6) is 0 Å². The first-order chi connectivity index (χ1) is 15.0. The Morgan fingerprint density at radius 2 is 1.74 bits per heavy atom. The topological polar surface area (TPSA) is 102 Å². The molecule has 4 aliphatic rings. The van der Waals surface area contributed by atoms with Crippen molar-refractivity contribution in [2.45, 2.75) is 12.5 Å². The van der Waals surface area contributed by atoms with E-state index in [1.165, 1.54) is 17.0 Å². The van der Waals surface area contributed by atoms with E-state index >= 15 is 0 Å². The number of hydrogen-bond acceptors (Lipinski definition) is 6. The molecule has 2 saturated carbocycles. The fraction of sp³-hybridized carbons (Fsp3) is 0.318. The second-order valence-electron chi connectivity index (χ2n) is 8.48. The molecular weight excluding hydrogens is 422 g/mol. The molecule has 6 rings (SSSR count). The minimum Gasteiger partial charge on any atom is -0.391 e. The van der Waals surface area contributed by atoms with Gasteiger partial charge in [0.2, 0.25) is 11.8 Å². The van der Waals surface area contributed by atoms with E-state index in [1.807, 2.05) is 0 Å². The fourth-order valence-corrected chi connectivity index (χ4v) is 6.11. The molecule has 0 unspecified atom stereocenters. The molecule has 2 aromatic carbocycles. The van der Waals surface area contributed by atoms with E-state index in [-0.39, 0.29) is 41.4 Å². The summed E-state index contributed by atoms with van der Waals surface area (Å²) in [4.78, 5) is 44.3. The summed E-state index contributed by atoms with van der Waals surface area (Å²) < 4.78 is 0. The Kier molecular flexibility index (Phi) is 3.80. The number of halogens is 1. The summed E-state index contributed by atoms with van der Waals surface area (Å²) in [6.45, 7) is 0. The minimum absolute atomic E-state index is 0.0225. The Labute approximate surface area is 181 Å². The Morgan fingerprint density at radius 1 is 1.03 bits per heavy atom. The van der Waals surface area contributed by atoms with Gasteiger partial charge < -0.3 is 4.84 Å². The van der Waals surface area contributed by atoms with E-state index in [9.17, 15) is 19.7 Å². The minimum atomic E-state index is -0.447. The molecule has 2 aliphatic carbocycles. The summed E-state index contributed by atoms with van der Waals surface area (Å²) >= 11 is 5.95. The maximum atomic E-state index is 13.3. The SMILES string of the molecule is O=C1[C@@H]2[C@H]3C[C@@H]([C@@H]4C(c5cccc([N+](=O)[O-])c5)=NO[C@@H]34)[C@@H]2C(=O)N1c1ccc(Cl)cc1. The molecule has 2 heterocycles. The molecule has 0 spiro atoms. The van der Waals surface area contributed by atoms with Crippen molar-refractivity contribution < 1.29 is 19.3 Å². The summed E-state index contributed by atoms with van der Waals surface area (Å²) in [5.41, 5.74) is 1.75. The average molecular weight is 438 g/mol. The van der Waals surface area contributed by atoms with Crippen LogP contribution in [0.15, 0.2) is 53.7 Å². The van der Waals surface area contributed by atoms with Gasteiger partial charge in [-0.05, 0) is 36.6 Å². The third-order valence-corrected chi connectivity index (χ3v) is 7.38. The Morgan fingerprint density at radius 3 is 2.45 bits per heavy atom. The summed E-state index contributed by atoms with van der Waals surface area (Å²) in [7, 11) is 0. The lowest BCUT2D eigenvalue weighted by atomic mass is 9.71. The van der Waals surface area contributed by atoms with Crippen LogP contribution in [0, 0.1) is 39.7 Å². The third kappa shape index (κ3) is 2.45. The quantitative estimate of drug-likeness (QED) is 0.416. The molecule has 2 bridgehead atoms. The van der Waals surface area contributed by atoms with Crippen LogP contribution in [-0.2, 0) is 14.4 Å². The summed E-state index contributed by atoms with van der Waals surface area (Å²) in [5.74, 6) is -1.60. The molecular formula is C22H16ClN3O5. The highest BCUT2D eigenvalue weighted by atomic mass is 35.5. The van der Waals surface area contributed by atoms with E-state index in [1.54, 1.807) is 36.4 Å². The summed E-state index contributed by atoms with van der Waals surface area (Å²) in [6, 6.07) is 13.0. The number of amides is 2. The number of imide groups is 1. The number of benzene rings is 2. The number of fused-ring (bicyclic) bond motifs is 8. The Balaban J connectivity index is 1.34. The average Bonchev–Trinajstić information content (AvgIpc) is 3.49. The lowest BCUT2D eigenvalue weighted by Gasteiger charge is -2.29. The van der Waals surface area contributed by atoms with Gasteiger partial charge in [-0.25, -0.2) is 0 Å². The van der Waals surface area contributed by atoms with Crippen molar-refractivity contribution in [3.63, 3.8) is 0 Å². The number of oxime groups is 1. The number of non-ortho nitro benzene ring substituents is 1. The number of carbonyl (C=O) groups excluding carboxylic acids is 2. The van der Waals surface area contributed by atoms with Crippen molar-refractivity contribution in [3.8, 4) is 0 Å². The number of anilines is 1. The lowest BCUT2D eigenvalue weighted by molar-refractivity contribution is -0.384. The first-order valence-electron chi connectivity index (χ1n) is 10.1. The first kappa shape index (κ1) is 18.5. The second kappa shape index (κ2) is 6.37. The molecule has 2 aromatic rings. The van der Waals surface area contributed by atoms with Gasteiger partial charge in [-0.15, -0.1) is 0 Å². The standard InChI is InChI=1S/C22H16ClN3O5/c23-11-4-6-12(7-5-11)25-21(27)16-14-9-15(17(16)22(25)28)20-18(14)19(24-31-20)10-2-1-3-13(8-10)26(29)30/h1-8,14-18,20H,9H2/t14-,15-,16+,17-,18-,20+/m1/s1.